The molecule has 1 atom stereocenters. The number of halogens is 1. The molecule has 2 amide bonds. The Morgan fingerprint density at radius 3 is 2.47 bits per heavy atom. The number of nitrogens with zero attached hydrogens (tertiary/aromatic N) is 2. The van der Waals surface area contributed by atoms with Crippen molar-refractivity contribution < 1.29 is 19.1 Å². The summed E-state index contributed by atoms with van der Waals surface area (Å²) < 4.78 is 13.6. The molecule has 1 N–H and O–H groups in total. The minimum atomic E-state index is -0.418. The number of benzene rings is 3. The molecule has 3 aromatic carbocycles. The molecule has 0 aliphatic carbocycles. The highest BCUT2D eigenvalue weighted by molar-refractivity contribution is 6.46. The number of fused-ring (bicyclic) bond motifs is 1. The first kappa shape index (κ1) is 20.4. The third kappa shape index (κ3) is 3.37. The van der Waals surface area contributed by atoms with E-state index in [1.54, 1.807) is 6.07 Å². The number of amides is 2. The van der Waals surface area contributed by atoms with Crippen LogP contribution < -0.4 is 4.90 Å². The molecule has 2 heterocycles. The fraction of sp³-hybridized carbons (Fsp3) is 0.231. The number of anilines is 1. The summed E-state index contributed by atoms with van der Waals surface area (Å²) in [6, 6.07) is 18.8. The van der Waals surface area contributed by atoms with Gasteiger partial charge in [-0.15, -0.1) is 0 Å². The SMILES string of the molecule is O=C1C(c2ccc(F)cc2)=C(N2CCCC(CO)C2)C(=O)N1c1cccc2ccccc12. The van der Waals surface area contributed by atoms with Crippen LogP contribution in [-0.2, 0) is 9.59 Å². The van der Waals surface area contributed by atoms with Gasteiger partial charge in [-0.1, -0.05) is 48.5 Å². The largest absolute Gasteiger partial charge is 0.396 e. The van der Waals surface area contributed by atoms with Crippen molar-refractivity contribution in [2.75, 3.05) is 24.6 Å². The second kappa shape index (κ2) is 8.20. The maximum Gasteiger partial charge on any atom is 0.282 e. The highest BCUT2D eigenvalue weighted by Crippen LogP contribution is 2.38. The van der Waals surface area contributed by atoms with E-state index in [1.807, 2.05) is 41.3 Å². The van der Waals surface area contributed by atoms with Crippen molar-refractivity contribution in [3.8, 4) is 0 Å². The maximum atomic E-state index is 13.8. The number of carbonyl (C=O) groups is 2. The normalized spacial score (nSPS) is 19.4. The van der Waals surface area contributed by atoms with Crippen molar-refractivity contribution >= 4 is 33.8 Å². The Bertz CT molecular complexity index is 1230. The predicted molar refractivity (Wildman–Crippen MR) is 121 cm³/mol. The van der Waals surface area contributed by atoms with Crippen molar-refractivity contribution in [3.05, 3.63) is 83.8 Å². The number of likely N-dealkylation sites (tertiary alicyclic amines) is 1. The third-order valence-corrected chi connectivity index (χ3v) is 6.29. The molecule has 2 aliphatic heterocycles. The summed E-state index contributed by atoms with van der Waals surface area (Å²) in [5, 5.41) is 11.4. The minimum absolute atomic E-state index is 0.0326. The summed E-state index contributed by atoms with van der Waals surface area (Å²) in [7, 11) is 0. The average molecular weight is 430 g/mol. The van der Waals surface area contributed by atoms with E-state index < -0.39 is 11.7 Å². The number of hydrogen-bond acceptors (Lipinski definition) is 4. The van der Waals surface area contributed by atoms with E-state index >= 15 is 0 Å². The third-order valence-electron chi connectivity index (χ3n) is 6.29. The molecule has 5 nitrogen and oxygen atoms in total. The average Bonchev–Trinajstić information content (AvgIpc) is 3.09. The van der Waals surface area contributed by atoms with Crippen molar-refractivity contribution in [3.63, 3.8) is 0 Å². The van der Waals surface area contributed by atoms with E-state index in [1.165, 1.54) is 29.2 Å². The molecular weight excluding hydrogens is 407 g/mol. The molecule has 0 saturated carbocycles. The van der Waals surface area contributed by atoms with Crippen molar-refractivity contribution in [1.29, 1.82) is 0 Å². The van der Waals surface area contributed by atoms with Gasteiger partial charge in [0, 0.05) is 25.1 Å². The zero-order chi connectivity index (χ0) is 22.2. The summed E-state index contributed by atoms with van der Waals surface area (Å²) in [6.45, 7) is 1.16. The highest BCUT2D eigenvalue weighted by atomic mass is 19.1. The van der Waals surface area contributed by atoms with Gasteiger partial charge in [0.25, 0.3) is 11.8 Å². The lowest BCUT2D eigenvalue weighted by Gasteiger charge is -2.34. The molecule has 5 rings (SSSR count). The van der Waals surface area contributed by atoms with Crippen LogP contribution in [0.2, 0.25) is 0 Å². The van der Waals surface area contributed by atoms with Crippen LogP contribution in [0.25, 0.3) is 16.3 Å². The molecule has 2 aliphatic rings. The lowest BCUT2D eigenvalue weighted by Crippen LogP contribution is -2.40. The first-order valence-corrected chi connectivity index (χ1v) is 10.8. The zero-order valence-electron chi connectivity index (χ0n) is 17.5. The summed E-state index contributed by atoms with van der Waals surface area (Å²) in [6.07, 6.45) is 1.70. The summed E-state index contributed by atoms with van der Waals surface area (Å²) in [5.74, 6) is -1.17. The second-order valence-electron chi connectivity index (χ2n) is 8.31. The number of imide groups is 1. The Morgan fingerprint density at radius 2 is 1.69 bits per heavy atom. The fourth-order valence-electron chi connectivity index (χ4n) is 4.73. The molecule has 0 radical (unpaired) electrons. The monoisotopic (exact) mass is 430 g/mol. The molecule has 0 aromatic heterocycles. The van der Waals surface area contributed by atoms with E-state index in [2.05, 4.69) is 0 Å². The van der Waals surface area contributed by atoms with Crippen LogP contribution in [0.4, 0.5) is 10.1 Å². The molecule has 0 bridgehead atoms. The van der Waals surface area contributed by atoms with Gasteiger partial charge in [0.05, 0.1) is 11.3 Å². The van der Waals surface area contributed by atoms with Gasteiger partial charge < -0.3 is 10.0 Å². The number of rotatable bonds is 4. The Labute approximate surface area is 185 Å². The van der Waals surface area contributed by atoms with Gasteiger partial charge in [-0.25, -0.2) is 9.29 Å². The van der Waals surface area contributed by atoms with Crippen LogP contribution in [0.3, 0.4) is 0 Å². The lowest BCUT2D eigenvalue weighted by molar-refractivity contribution is -0.120. The van der Waals surface area contributed by atoms with E-state index in [9.17, 15) is 19.1 Å². The number of piperidine rings is 1. The van der Waals surface area contributed by atoms with Crippen LogP contribution in [0.15, 0.2) is 72.4 Å². The Balaban J connectivity index is 1.65. The van der Waals surface area contributed by atoms with Gasteiger partial charge in [-0.3, -0.25) is 9.59 Å². The zero-order valence-corrected chi connectivity index (χ0v) is 17.5. The first-order chi connectivity index (χ1) is 15.6. The molecule has 1 unspecified atom stereocenters. The lowest BCUT2D eigenvalue weighted by atomic mass is 9.97. The smallest absolute Gasteiger partial charge is 0.282 e. The minimum Gasteiger partial charge on any atom is -0.396 e. The van der Waals surface area contributed by atoms with Gasteiger partial charge in [-0.05, 0) is 47.9 Å². The molecule has 1 fully saturated rings. The summed E-state index contributed by atoms with van der Waals surface area (Å²) in [4.78, 5) is 30.6. The molecule has 162 valence electrons. The van der Waals surface area contributed by atoms with E-state index in [-0.39, 0.29) is 24.0 Å². The van der Waals surface area contributed by atoms with Gasteiger partial charge in [0.15, 0.2) is 0 Å². The quantitative estimate of drug-likeness (QED) is 0.637. The van der Waals surface area contributed by atoms with Crippen LogP contribution in [0, 0.1) is 11.7 Å². The van der Waals surface area contributed by atoms with Gasteiger partial charge in [-0.2, -0.15) is 0 Å². The van der Waals surface area contributed by atoms with Crippen molar-refractivity contribution in [2.45, 2.75) is 12.8 Å². The number of hydrogen-bond donors (Lipinski definition) is 1. The molecule has 1 saturated heterocycles. The van der Waals surface area contributed by atoms with Crippen LogP contribution >= 0.6 is 0 Å². The van der Waals surface area contributed by atoms with Crippen LogP contribution in [0.5, 0.6) is 0 Å². The summed E-state index contributed by atoms with van der Waals surface area (Å²) >= 11 is 0. The molecule has 32 heavy (non-hydrogen) atoms. The first-order valence-electron chi connectivity index (χ1n) is 10.8. The number of carbonyl (C=O) groups excluding carboxylic acids is 2. The number of aliphatic hydroxyl groups is 1. The Kier molecular flexibility index (Phi) is 5.23. The molecular formula is C26H23FN2O3. The molecule has 0 spiro atoms. The van der Waals surface area contributed by atoms with Crippen LogP contribution in [0.1, 0.15) is 18.4 Å². The highest BCUT2D eigenvalue weighted by Gasteiger charge is 2.43. The standard InChI is InChI=1S/C26H23FN2O3/c27-20-12-10-19(11-13-20)23-24(28-14-4-5-17(15-28)16-30)26(32)29(25(23)31)22-9-3-7-18-6-1-2-8-21(18)22/h1-3,6-13,17,30H,4-5,14-16H2. The maximum absolute atomic E-state index is 13.8. The summed E-state index contributed by atoms with van der Waals surface area (Å²) in [5.41, 5.74) is 1.64. The van der Waals surface area contributed by atoms with Gasteiger partial charge in [0.2, 0.25) is 0 Å². The molecule has 6 heteroatoms. The topological polar surface area (TPSA) is 60.9 Å². The van der Waals surface area contributed by atoms with E-state index in [0.717, 1.165) is 23.6 Å². The van der Waals surface area contributed by atoms with Crippen molar-refractivity contribution in [2.24, 2.45) is 5.92 Å². The van der Waals surface area contributed by atoms with Gasteiger partial charge >= 0.3 is 0 Å². The fourth-order valence-corrected chi connectivity index (χ4v) is 4.73. The second-order valence-corrected chi connectivity index (χ2v) is 8.31. The van der Waals surface area contributed by atoms with Crippen LogP contribution in [-0.4, -0.2) is 41.5 Å². The predicted octanol–water partition coefficient (Wildman–Crippen LogP) is 3.97. The Hall–Kier alpha value is -3.51. The van der Waals surface area contributed by atoms with Crippen molar-refractivity contribution in [1.82, 2.24) is 4.90 Å². The van der Waals surface area contributed by atoms with E-state index in [0.29, 0.717) is 30.0 Å². The van der Waals surface area contributed by atoms with E-state index in [4.69, 9.17) is 0 Å². The Morgan fingerprint density at radius 1 is 0.938 bits per heavy atom. The van der Waals surface area contributed by atoms with Gasteiger partial charge in [0.1, 0.15) is 11.5 Å². The molecule has 3 aromatic rings. The number of aliphatic hydroxyl groups excluding tert-OH is 1.